The van der Waals surface area contributed by atoms with Crippen LogP contribution in [0.1, 0.15) is 20.0 Å². The quantitative estimate of drug-likeness (QED) is 0.778. The molecule has 0 spiro atoms. The fourth-order valence-electron chi connectivity index (χ4n) is 1.98. The van der Waals surface area contributed by atoms with Crippen molar-refractivity contribution in [3.8, 4) is 0 Å². The summed E-state index contributed by atoms with van der Waals surface area (Å²) in [5, 5.41) is 12.6. The molecule has 0 aliphatic rings. The van der Waals surface area contributed by atoms with E-state index in [1.807, 2.05) is 6.07 Å². The molecule has 0 atom stereocenters. The highest BCUT2D eigenvalue weighted by molar-refractivity contribution is 7.21. The number of rotatable bonds is 3. The third kappa shape index (κ3) is 2.48. The lowest BCUT2D eigenvalue weighted by molar-refractivity contribution is 0.0703. The van der Waals surface area contributed by atoms with E-state index in [0.717, 1.165) is 11.3 Å². The van der Waals surface area contributed by atoms with Gasteiger partial charge in [0.25, 0.3) is 5.91 Å². The first-order chi connectivity index (χ1) is 10.2. The molecule has 5 nitrogen and oxygen atoms in total. The molecule has 2 heterocycles. The van der Waals surface area contributed by atoms with Gasteiger partial charge in [-0.05, 0) is 24.3 Å². The van der Waals surface area contributed by atoms with Crippen LogP contribution in [-0.4, -0.2) is 22.0 Å². The number of aromatic nitrogens is 1. The number of hydrogen-bond donors (Lipinski definition) is 2. The van der Waals surface area contributed by atoms with Crippen LogP contribution >= 0.6 is 11.3 Å². The number of nitrogens with one attached hydrogen (secondary N) is 1. The molecule has 21 heavy (non-hydrogen) atoms. The molecule has 2 aromatic heterocycles. The van der Waals surface area contributed by atoms with Crippen molar-refractivity contribution in [2.45, 2.75) is 0 Å². The van der Waals surface area contributed by atoms with E-state index < -0.39 is 5.97 Å². The minimum absolute atomic E-state index is 0.0768. The zero-order chi connectivity index (χ0) is 14.8. The fraction of sp³-hybridized carbons (Fsp3) is 0. The van der Waals surface area contributed by atoms with Crippen molar-refractivity contribution in [2.75, 3.05) is 5.32 Å². The number of amides is 1. The van der Waals surface area contributed by atoms with Crippen LogP contribution in [0.25, 0.3) is 10.2 Å². The maximum atomic E-state index is 12.2. The van der Waals surface area contributed by atoms with Crippen molar-refractivity contribution >= 4 is 39.1 Å². The predicted molar refractivity (Wildman–Crippen MR) is 81.0 cm³/mol. The summed E-state index contributed by atoms with van der Waals surface area (Å²) in [5.74, 6) is -1.43. The second kappa shape index (κ2) is 5.34. The Bertz CT molecular complexity index is 827. The molecule has 104 valence electrons. The average Bonchev–Trinajstić information content (AvgIpc) is 2.87. The molecule has 0 saturated heterocycles. The van der Waals surface area contributed by atoms with E-state index in [1.54, 1.807) is 42.6 Å². The number of carboxylic acids is 1. The lowest BCUT2D eigenvalue weighted by Crippen LogP contribution is -2.13. The molecule has 0 aliphatic heterocycles. The third-order valence-electron chi connectivity index (χ3n) is 2.94. The predicted octanol–water partition coefficient (Wildman–Crippen LogP) is 3.25. The van der Waals surface area contributed by atoms with Gasteiger partial charge < -0.3 is 10.4 Å². The van der Waals surface area contributed by atoms with E-state index in [0.29, 0.717) is 21.5 Å². The van der Waals surface area contributed by atoms with Gasteiger partial charge in [0.05, 0.1) is 5.69 Å². The Morgan fingerprint density at radius 2 is 1.86 bits per heavy atom. The first-order valence-electron chi connectivity index (χ1n) is 6.14. The number of anilines is 1. The molecule has 1 aromatic carbocycles. The van der Waals surface area contributed by atoms with Crippen LogP contribution in [0.2, 0.25) is 0 Å². The summed E-state index contributed by atoms with van der Waals surface area (Å²) < 4.78 is 0. The van der Waals surface area contributed by atoms with Gasteiger partial charge in [-0.1, -0.05) is 18.2 Å². The van der Waals surface area contributed by atoms with E-state index in [1.165, 1.54) is 0 Å². The molecule has 1 amide bonds. The number of carbonyl (C=O) groups excluding carboxylic acids is 1. The molecule has 0 unspecified atom stereocenters. The Labute approximate surface area is 123 Å². The van der Waals surface area contributed by atoms with E-state index in [9.17, 15) is 14.7 Å². The third-order valence-corrected chi connectivity index (χ3v) is 4.04. The summed E-state index contributed by atoms with van der Waals surface area (Å²) in [6, 6.07) is 12.1. The van der Waals surface area contributed by atoms with Crippen LogP contribution in [0.5, 0.6) is 0 Å². The maximum absolute atomic E-state index is 12.2. The van der Waals surface area contributed by atoms with E-state index in [4.69, 9.17) is 0 Å². The van der Waals surface area contributed by atoms with Crippen LogP contribution in [-0.2, 0) is 0 Å². The van der Waals surface area contributed by atoms with Crippen LogP contribution < -0.4 is 5.32 Å². The summed E-state index contributed by atoms with van der Waals surface area (Å²) in [6.45, 7) is 0. The first kappa shape index (κ1) is 13.3. The summed E-state index contributed by atoms with van der Waals surface area (Å²) in [6.07, 6.45) is 1.59. The molecule has 3 aromatic rings. The second-order valence-corrected chi connectivity index (χ2v) is 5.29. The van der Waals surface area contributed by atoms with Crippen LogP contribution in [0.3, 0.4) is 0 Å². The molecule has 6 heteroatoms. The summed E-state index contributed by atoms with van der Waals surface area (Å²) in [7, 11) is 0. The Balaban J connectivity index is 2.05. The lowest BCUT2D eigenvalue weighted by Gasteiger charge is -2.05. The van der Waals surface area contributed by atoms with Crippen LogP contribution in [0.4, 0.5) is 5.69 Å². The average molecular weight is 298 g/mol. The van der Waals surface area contributed by atoms with Crippen LogP contribution in [0, 0.1) is 0 Å². The number of pyridine rings is 1. The van der Waals surface area contributed by atoms with E-state index in [-0.39, 0.29) is 10.8 Å². The summed E-state index contributed by atoms with van der Waals surface area (Å²) in [4.78, 5) is 28.3. The molecule has 0 saturated carbocycles. The summed E-state index contributed by atoms with van der Waals surface area (Å²) >= 11 is 1.04. The zero-order valence-electron chi connectivity index (χ0n) is 10.7. The normalized spacial score (nSPS) is 10.5. The Hall–Kier alpha value is -2.73. The van der Waals surface area contributed by atoms with Crippen molar-refractivity contribution in [1.82, 2.24) is 4.98 Å². The molecule has 0 fully saturated rings. The zero-order valence-corrected chi connectivity index (χ0v) is 11.6. The Morgan fingerprint density at radius 3 is 2.57 bits per heavy atom. The summed E-state index contributed by atoms with van der Waals surface area (Å²) in [5.41, 5.74) is 0.765. The van der Waals surface area contributed by atoms with Gasteiger partial charge in [-0.3, -0.25) is 4.79 Å². The lowest BCUT2D eigenvalue weighted by atomic mass is 10.2. The number of hydrogen-bond acceptors (Lipinski definition) is 4. The SMILES string of the molecule is O=C(Nc1c(C(=O)O)sc2ncccc12)c1ccccc1. The molecule has 0 radical (unpaired) electrons. The second-order valence-electron chi connectivity index (χ2n) is 4.29. The van der Waals surface area contributed by atoms with Gasteiger partial charge in [0.15, 0.2) is 0 Å². The topological polar surface area (TPSA) is 79.3 Å². The van der Waals surface area contributed by atoms with Gasteiger partial charge in [-0.25, -0.2) is 9.78 Å². The number of thiophene rings is 1. The van der Waals surface area contributed by atoms with Gasteiger partial charge in [0.2, 0.25) is 0 Å². The fourth-order valence-corrected chi connectivity index (χ4v) is 2.92. The highest BCUT2D eigenvalue weighted by atomic mass is 32.1. The van der Waals surface area contributed by atoms with Gasteiger partial charge >= 0.3 is 5.97 Å². The Morgan fingerprint density at radius 1 is 1.10 bits per heavy atom. The molecule has 2 N–H and O–H groups in total. The smallest absolute Gasteiger partial charge is 0.348 e. The number of benzene rings is 1. The number of carbonyl (C=O) groups is 2. The van der Waals surface area contributed by atoms with Gasteiger partial charge in [-0.15, -0.1) is 11.3 Å². The standard InChI is InChI=1S/C15H10N2O3S/c18-13(9-5-2-1-3-6-9)17-11-10-7-4-8-16-14(10)21-12(11)15(19)20/h1-8H,(H,17,18)(H,19,20). The highest BCUT2D eigenvalue weighted by Gasteiger charge is 2.20. The largest absolute Gasteiger partial charge is 0.477 e. The van der Waals surface area contributed by atoms with Crippen molar-refractivity contribution in [1.29, 1.82) is 0 Å². The molecule has 3 rings (SSSR count). The maximum Gasteiger partial charge on any atom is 0.348 e. The van der Waals surface area contributed by atoms with Crippen molar-refractivity contribution < 1.29 is 14.7 Å². The highest BCUT2D eigenvalue weighted by Crippen LogP contribution is 2.34. The number of carboxylic acid groups (broad SMARTS) is 1. The number of aromatic carboxylic acids is 1. The first-order valence-corrected chi connectivity index (χ1v) is 6.95. The van der Waals surface area contributed by atoms with Gasteiger partial charge in [-0.2, -0.15) is 0 Å². The minimum atomic E-state index is -1.08. The number of fused-ring (bicyclic) bond motifs is 1. The molecule has 0 bridgehead atoms. The Kier molecular flexibility index (Phi) is 3.37. The van der Waals surface area contributed by atoms with E-state index in [2.05, 4.69) is 10.3 Å². The van der Waals surface area contributed by atoms with E-state index >= 15 is 0 Å². The molecular weight excluding hydrogens is 288 g/mol. The van der Waals surface area contributed by atoms with Crippen molar-refractivity contribution in [2.24, 2.45) is 0 Å². The van der Waals surface area contributed by atoms with Crippen molar-refractivity contribution in [3.63, 3.8) is 0 Å². The van der Waals surface area contributed by atoms with Crippen molar-refractivity contribution in [3.05, 3.63) is 59.1 Å². The monoisotopic (exact) mass is 298 g/mol. The minimum Gasteiger partial charge on any atom is -0.477 e. The molecular formula is C15H10N2O3S. The number of nitrogens with zero attached hydrogens (tertiary/aromatic N) is 1. The van der Waals surface area contributed by atoms with Gasteiger partial charge in [0.1, 0.15) is 9.71 Å². The molecule has 0 aliphatic carbocycles. The van der Waals surface area contributed by atoms with Gasteiger partial charge in [0, 0.05) is 17.1 Å². The van der Waals surface area contributed by atoms with Crippen LogP contribution in [0.15, 0.2) is 48.7 Å².